The fourth-order valence-corrected chi connectivity index (χ4v) is 2.88. The van der Waals surface area contributed by atoms with Crippen LogP contribution in [0.15, 0.2) is 52.4 Å². The Morgan fingerprint density at radius 3 is 2.86 bits per heavy atom. The van der Waals surface area contributed by atoms with Crippen LogP contribution in [0.4, 0.5) is 5.69 Å². The Balaban J connectivity index is 1.99. The van der Waals surface area contributed by atoms with Gasteiger partial charge in [0.25, 0.3) is 11.2 Å². The number of hydrogen-bond acceptors (Lipinski definition) is 5. The lowest BCUT2D eigenvalue weighted by atomic mass is 10.2. The normalized spacial score (nSPS) is 11.3. The number of hydrogen-bond donors (Lipinski definition) is 0. The zero-order chi connectivity index (χ0) is 15.7. The van der Waals surface area contributed by atoms with E-state index in [1.54, 1.807) is 12.1 Å². The number of aryl methyl sites for hydroxylation is 1. The van der Waals surface area contributed by atoms with Gasteiger partial charge in [0.2, 0.25) is 0 Å². The Morgan fingerprint density at radius 1 is 1.27 bits per heavy atom. The van der Waals surface area contributed by atoms with Crippen LogP contribution in [-0.4, -0.2) is 15.2 Å². The van der Waals surface area contributed by atoms with Crippen LogP contribution >= 0.6 is 11.5 Å². The molecule has 2 aromatic carbocycles. The van der Waals surface area contributed by atoms with E-state index in [0.29, 0.717) is 10.9 Å². The van der Waals surface area contributed by atoms with Crippen LogP contribution in [0.3, 0.4) is 0 Å². The highest BCUT2D eigenvalue weighted by molar-refractivity contribution is 7.13. The summed E-state index contributed by atoms with van der Waals surface area (Å²) in [7, 11) is 0. The minimum atomic E-state index is -0.467. The van der Waals surface area contributed by atoms with Gasteiger partial charge in [-0.3, -0.25) is 14.9 Å². The molecule has 0 saturated heterocycles. The maximum absolute atomic E-state index is 12.2. The minimum absolute atomic E-state index is 0.0109. The molecule has 7 heteroatoms. The number of aromatic nitrogens is 1. The van der Waals surface area contributed by atoms with E-state index >= 15 is 0 Å². The van der Waals surface area contributed by atoms with Gasteiger partial charge in [-0.25, -0.2) is 0 Å². The zero-order valence-corrected chi connectivity index (χ0v) is 12.4. The Bertz CT molecular complexity index is 956. The monoisotopic (exact) mass is 313 g/mol. The second-order valence-electron chi connectivity index (χ2n) is 4.77. The van der Waals surface area contributed by atoms with E-state index in [-0.39, 0.29) is 11.2 Å². The SMILES string of the molecule is Cc1ccc2sn(/N=C/c3cccc([N+](=O)[O-])c3)c(=O)c2c1. The van der Waals surface area contributed by atoms with Crippen molar-refractivity contribution < 1.29 is 4.92 Å². The molecular weight excluding hydrogens is 302 g/mol. The topological polar surface area (TPSA) is 77.5 Å². The molecule has 110 valence electrons. The van der Waals surface area contributed by atoms with Gasteiger partial charge in [0.15, 0.2) is 0 Å². The van der Waals surface area contributed by atoms with Crippen molar-refractivity contribution in [3.8, 4) is 0 Å². The fraction of sp³-hybridized carbons (Fsp3) is 0.0667. The summed E-state index contributed by atoms with van der Waals surface area (Å²) < 4.78 is 2.13. The molecule has 0 spiro atoms. The van der Waals surface area contributed by atoms with E-state index in [0.717, 1.165) is 10.3 Å². The van der Waals surface area contributed by atoms with Gasteiger partial charge in [-0.1, -0.05) is 23.8 Å². The first-order chi connectivity index (χ1) is 10.5. The van der Waals surface area contributed by atoms with Gasteiger partial charge in [-0.05, 0) is 30.6 Å². The minimum Gasteiger partial charge on any atom is -0.266 e. The lowest BCUT2D eigenvalue weighted by Crippen LogP contribution is -2.08. The molecule has 0 saturated carbocycles. The van der Waals surface area contributed by atoms with Crippen LogP contribution in [0.1, 0.15) is 11.1 Å². The Kier molecular flexibility index (Phi) is 3.56. The molecule has 0 amide bonds. The first-order valence-corrected chi connectivity index (χ1v) is 7.23. The Hall–Kier alpha value is -2.80. The molecule has 6 nitrogen and oxygen atoms in total. The van der Waals surface area contributed by atoms with Gasteiger partial charge in [0, 0.05) is 17.7 Å². The summed E-state index contributed by atoms with van der Waals surface area (Å²) in [6, 6.07) is 11.7. The van der Waals surface area contributed by atoms with Crippen molar-refractivity contribution in [1.29, 1.82) is 0 Å². The molecule has 0 atom stereocenters. The molecule has 1 aromatic heterocycles. The second kappa shape index (κ2) is 5.53. The number of benzene rings is 2. The van der Waals surface area contributed by atoms with Crippen LogP contribution in [0.2, 0.25) is 0 Å². The third kappa shape index (κ3) is 2.66. The lowest BCUT2D eigenvalue weighted by molar-refractivity contribution is -0.384. The molecule has 0 radical (unpaired) electrons. The largest absolute Gasteiger partial charge is 0.289 e. The molecule has 1 heterocycles. The fourth-order valence-electron chi connectivity index (χ4n) is 2.04. The summed E-state index contributed by atoms with van der Waals surface area (Å²) in [6.07, 6.45) is 1.44. The number of fused-ring (bicyclic) bond motifs is 1. The third-order valence-electron chi connectivity index (χ3n) is 3.12. The molecule has 3 rings (SSSR count). The van der Waals surface area contributed by atoms with E-state index in [4.69, 9.17) is 0 Å². The number of rotatable bonds is 3. The van der Waals surface area contributed by atoms with Crippen molar-refractivity contribution in [2.24, 2.45) is 5.10 Å². The van der Waals surface area contributed by atoms with Crippen LogP contribution < -0.4 is 5.56 Å². The third-order valence-corrected chi connectivity index (χ3v) is 4.10. The van der Waals surface area contributed by atoms with Crippen molar-refractivity contribution in [1.82, 2.24) is 4.07 Å². The zero-order valence-electron chi connectivity index (χ0n) is 11.6. The van der Waals surface area contributed by atoms with E-state index in [2.05, 4.69) is 5.10 Å². The molecule has 0 aliphatic carbocycles. The lowest BCUT2D eigenvalue weighted by Gasteiger charge is -1.93. The predicted molar refractivity (Wildman–Crippen MR) is 86.9 cm³/mol. The summed E-state index contributed by atoms with van der Waals surface area (Å²) in [5, 5.41) is 15.5. The van der Waals surface area contributed by atoms with Crippen LogP contribution in [0, 0.1) is 17.0 Å². The maximum atomic E-state index is 12.2. The highest BCUT2D eigenvalue weighted by atomic mass is 32.1. The summed E-state index contributed by atoms with van der Waals surface area (Å²) in [4.78, 5) is 22.5. The maximum Gasteiger partial charge on any atom is 0.289 e. The van der Waals surface area contributed by atoms with E-state index in [9.17, 15) is 14.9 Å². The average Bonchev–Trinajstić information content (AvgIpc) is 2.82. The Morgan fingerprint density at radius 2 is 2.09 bits per heavy atom. The quantitative estimate of drug-likeness (QED) is 0.423. The van der Waals surface area contributed by atoms with Gasteiger partial charge in [-0.2, -0.15) is 5.10 Å². The first kappa shape index (κ1) is 14.2. The average molecular weight is 313 g/mol. The van der Waals surface area contributed by atoms with Crippen molar-refractivity contribution in [3.63, 3.8) is 0 Å². The molecule has 3 aromatic rings. The summed E-state index contributed by atoms with van der Waals surface area (Å²) in [5.41, 5.74) is 1.38. The van der Waals surface area contributed by atoms with Gasteiger partial charge in [-0.15, -0.1) is 4.07 Å². The van der Waals surface area contributed by atoms with Crippen LogP contribution in [-0.2, 0) is 0 Å². The molecule has 0 aliphatic heterocycles. The van der Waals surface area contributed by atoms with Crippen molar-refractivity contribution in [3.05, 3.63) is 74.1 Å². The smallest absolute Gasteiger partial charge is 0.266 e. The van der Waals surface area contributed by atoms with Crippen LogP contribution in [0.5, 0.6) is 0 Å². The molecule has 0 fully saturated rings. The highest BCUT2D eigenvalue weighted by Crippen LogP contribution is 2.18. The highest BCUT2D eigenvalue weighted by Gasteiger charge is 2.07. The molecular formula is C15H11N3O3S. The van der Waals surface area contributed by atoms with Gasteiger partial charge < -0.3 is 0 Å². The molecule has 0 unspecified atom stereocenters. The van der Waals surface area contributed by atoms with Gasteiger partial charge in [0.05, 0.1) is 21.2 Å². The van der Waals surface area contributed by atoms with Crippen molar-refractivity contribution >= 4 is 33.5 Å². The first-order valence-electron chi connectivity index (χ1n) is 6.46. The molecule has 0 bridgehead atoms. The van der Waals surface area contributed by atoms with E-state index in [1.807, 2.05) is 25.1 Å². The van der Waals surface area contributed by atoms with Crippen LogP contribution in [0.25, 0.3) is 10.1 Å². The van der Waals surface area contributed by atoms with E-state index < -0.39 is 4.92 Å². The van der Waals surface area contributed by atoms with Crippen molar-refractivity contribution in [2.45, 2.75) is 6.92 Å². The second-order valence-corrected chi connectivity index (χ2v) is 5.73. The van der Waals surface area contributed by atoms with Gasteiger partial charge >= 0.3 is 0 Å². The molecule has 0 aliphatic rings. The number of nitro groups is 1. The molecule has 22 heavy (non-hydrogen) atoms. The Labute approximate surface area is 129 Å². The predicted octanol–water partition coefficient (Wildman–Crippen LogP) is 3.16. The van der Waals surface area contributed by atoms with E-state index in [1.165, 1.54) is 33.9 Å². The van der Waals surface area contributed by atoms with Gasteiger partial charge in [0.1, 0.15) is 0 Å². The summed E-state index contributed by atoms with van der Waals surface area (Å²) >= 11 is 1.23. The number of non-ortho nitro benzene ring substituents is 1. The summed E-state index contributed by atoms with van der Waals surface area (Å²) in [5.74, 6) is 0. The number of nitrogens with zero attached hydrogens (tertiary/aromatic N) is 3. The van der Waals surface area contributed by atoms with Crippen molar-refractivity contribution in [2.75, 3.05) is 0 Å². The summed E-state index contributed by atoms with van der Waals surface area (Å²) in [6.45, 7) is 1.92. The number of nitro benzene ring substituents is 1. The standard InChI is InChI=1S/C15H11N3O3S/c1-10-5-6-14-13(7-10)15(19)17(22-14)16-9-11-3-2-4-12(8-11)18(20)21/h2-9H,1H3/b16-9+. The molecule has 0 N–H and O–H groups in total.